The fraction of sp³-hybridized carbons (Fsp3) is 0.625. The van der Waals surface area contributed by atoms with Crippen LogP contribution in [0.2, 0.25) is 0 Å². The number of hydrogen-bond donors (Lipinski definition) is 1. The summed E-state index contributed by atoms with van der Waals surface area (Å²) < 4.78 is 28.7. The van der Waals surface area contributed by atoms with Crippen LogP contribution in [0.1, 0.15) is 51.1 Å². The van der Waals surface area contributed by atoms with E-state index < -0.39 is 11.6 Å². The Morgan fingerprint density at radius 2 is 1.85 bits per heavy atom. The highest BCUT2D eigenvalue weighted by Gasteiger charge is 2.34. The van der Waals surface area contributed by atoms with Gasteiger partial charge in [-0.25, -0.2) is 8.78 Å². The Kier molecular flexibility index (Phi) is 4.85. The molecular weight excluding hydrogens is 324 g/mol. The first-order valence-corrected chi connectivity index (χ1v) is 7.95. The van der Waals surface area contributed by atoms with E-state index >= 15 is 0 Å². The highest BCUT2D eigenvalue weighted by Crippen LogP contribution is 2.43. The van der Waals surface area contributed by atoms with E-state index in [1.54, 1.807) is 7.05 Å². The molecule has 1 aliphatic carbocycles. The van der Waals surface area contributed by atoms with Crippen LogP contribution >= 0.6 is 15.9 Å². The predicted molar refractivity (Wildman–Crippen MR) is 81.6 cm³/mol. The van der Waals surface area contributed by atoms with E-state index in [-0.39, 0.29) is 17.5 Å². The van der Waals surface area contributed by atoms with E-state index in [1.807, 2.05) is 0 Å². The third-order valence-electron chi connectivity index (χ3n) is 4.56. The van der Waals surface area contributed by atoms with Crippen LogP contribution in [0, 0.1) is 23.0 Å². The van der Waals surface area contributed by atoms with Gasteiger partial charge in [-0.15, -0.1) is 0 Å². The number of benzene rings is 1. The van der Waals surface area contributed by atoms with Gasteiger partial charge < -0.3 is 5.32 Å². The summed E-state index contributed by atoms with van der Waals surface area (Å²) in [7, 11) is 1.78. The molecule has 1 saturated carbocycles. The van der Waals surface area contributed by atoms with E-state index in [1.165, 1.54) is 12.1 Å². The van der Waals surface area contributed by atoms with Crippen molar-refractivity contribution in [3.63, 3.8) is 0 Å². The van der Waals surface area contributed by atoms with Gasteiger partial charge >= 0.3 is 0 Å². The maximum absolute atomic E-state index is 14.3. The van der Waals surface area contributed by atoms with Crippen molar-refractivity contribution in [1.82, 2.24) is 5.32 Å². The number of hydrogen-bond acceptors (Lipinski definition) is 1. The third-order valence-corrected chi connectivity index (χ3v) is 5.17. The molecule has 0 aliphatic heterocycles. The van der Waals surface area contributed by atoms with Gasteiger partial charge in [0.1, 0.15) is 11.6 Å². The van der Waals surface area contributed by atoms with Gasteiger partial charge in [-0.2, -0.15) is 0 Å². The van der Waals surface area contributed by atoms with Gasteiger partial charge in [-0.05, 0) is 72.1 Å². The maximum atomic E-state index is 14.3. The second-order valence-electron chi connectivity index (χ2n) is 6.52. The molecular formula is C16H22BrF2N. The SMILES string of the molecule is CNC(c1c(F)ccc(Br)c1F)C1CCC(C)(C)CC1. The molecule has 20 heavy (non-hydrogen) atoms. The Balaban J connectivity index is 2.28. The molecule has 4 heteroatoms. The zero-order valence-electron chi connectivity index (χ0n) is 12.3. The largest absolute Gasteiger partial charge is 0.313 e. The van der Waals surface area contributed by atoms with E-state index in [0.717, 1.165) is 25.7 Å². The summed E-state index contributed by atoms with van der Waals surface area (Å²) in [6, 6.07) is 2.49. The molecule has 1 aliphatic rings. The van der Waals surface area contributed by atoms with Crippen molar-refractivity contribution in [2.75, 3.05) is 7.05 Å². The van der Waals surface area contributed by atoms with Gasteiger partial charge in [-0.1, -0.05) is 13.8 Å². The number of halogens is 3. The summed E-state index contributed by atoms with van der Waals surface area (Å²) in [4.78, 5) is 0. The van der Waals surface area contributed by atoms with Crippen LogP contribution in [-0.4, -0.2) is 7.05 Å². The first kappa shape index (κ1) is 15.9. The van der Waals surface area contributed by atoms with E-state index in [9.17, 15) is 8.78 Å². The molecule has 0 radical (unpaired) electrons. The van der Waals surface area contributed by atoms with Crippen molar-refractivity contribution in [2.24, 2.45) is 11.3 Å². The van der Waals surface area contributed by atoms with Crippen molar-refractivity contribution in [2.45, 2.75) is 45.6 Å². The zero-order valence-corrected chi connectivity index (χ0v) is 13.9. The lowest BCUT2D eigenvalue weighted by Gasteiger charge is -2.38. The van der Waals surface area contributed by atoms with Crippen molar-refractivity contribution in [3.05, 3.63) is 33.8 Å². The van der Waals surface area contributed by atoms with Gasteiger partial charge in [0.25, 0.3) is 0 Å². The van der Waals surface area contributed by atoms with Crippen LogP contribution in [0.3, 0.4) is 0 Å². The van der Waals surface area contributed by atoms with Crippen molar-refractivity contribution < 1.29 is 8.78 Å². The monoisotopic (exact) mass is 345 g/mol. The van der Waals surface area contributed by atoms with Crippen molar-refractivity contribution >= 4 is 15.9 Å². The summed E-state index contributed by atoms with van der Waals surface area (Å²) in [5.74, 6) is -0.657. The number of rotatable bonds is 3. The Labute approximate surface area is 128 Å². The Bertz CT molecular complexity index is 478. The van der Waals surface area contributed by atoms with E-state index in [0.29, 0.717) is 9.89 Å². The first-order valence-electron chi connectivity index (χ1n) is 7.16. The van der Waals surface area contributed by atoms with Crippen LogP contribution in [0.4, 0.5) is 8.78 Å². The highest BCUT2D eigenvalue weighted by molar-refractivity contribution is 9.10. The lowest BCUT2D eigenvalue weighted by molar-refractivity contribution is 0.161. The minimum absolute atomic E-state index is 0.173. The average molecular weight is 346 g/mol. The molecule has 0 aromatic heterocycles. The Morgan fingerprint density at radius 3 is 2.40 bits per heavy atom. The topological polar surface area (TPSA) is 12.0 Å². The standard InChI is InChI=1S/C16H22BrF2N/c1-16(2)8-6-10(7-9-16)15(20-3)13-12(18)5-4-11(17)14(13)19/h4-5,10,15,20H,6-9H2,1-3H3. The molecule has 0 bridgehead atoms. The quantitative estimate of drug-likeness (QED) is 0.742. The lowest BCUT2D eigenvalue weighted by atomic mass is 9.70. The average Bonchev–Trinajstić information content (AvgIpc) is 2.40. The lowest BCUT2D eigenvalue weighted by Crippen LogP contribution is -2.32. The van der Waals surface area contributed by atoms with Crippen molar-refractivity contribution in [3.8, 4) is 0 Å². The molecule has 1 unspecified atom stereocenters. The number of nitrogens with one attached hydrogen (secondary N) is 1. The molecule has 0 amide bonds. The smallest absolute Gasteiger partial charge is 0.145 e. The second kappa shape index (κ2) is 6.10. The normalized spacial score (nSPS) is 20.9. The van der Waals surface area contributed by atoms with Gasteiger partial charge in [-0.3, -0.25) is 0 Å². The second-order valence-corrected chi connectivity index (χ2v) is 7.38. The summed E-state index contributed by atoms with van der Waals surface area (Å²) in [5.41, 5.74) is 0.523. The molecule has 1 nitrogen and oxygen atoms in total. The van der Waals surface area contributed by atoms with Crippen LogP contribution < -0.4 is 5.32 Å². The molecule has 112 valence electrons. The molecule has 1 aromatic rings. The van der Waals surface area contributed by atoms with Gasteiger partial charge in [0.15, 0.2) is 0 Å². The highest BCUT2D eigenvalue weighted by atomic mass is 79.9. The molecule has 0 saturated heterocycles. The first-order chi connectivity index (χ1) is 9.35. The molecule has 1 fully saturated rings. The van der Waals surface area contributed by atoms with Gasteiger partial charge in [0.05, 0.1) is 4.47 Å². The van der Waals surface area contributed by atoms with Crippen LogP contribution in [0.25, 0.3) is 0 Å². The summed E-state index contributed by atoms with van der Waals surface area (Å²) in [6.45, 7) is 4.52. The fourth-order valence-electron chi connectivity index (χ4n) is 3.20. The maximum Gasteiger partial charge on any atom is 0.145 e. The van der Waals surface area contributed by atoms with E-state index in [2.05, 4.69) is 35.1 Å². The third kappa shape index (κ3) is 3.22. The van der Waals surface area contributed by atoms with Crippen LogP contribution in [0.15, 0.2) is 16.6 Å². The van der Waals surface area contributed by atoms with Crippen LogP contribution in [-0.2, 0) is 0 Å². The molecule has 2 rings (SSSR count). The summed E-state index contributed by atoms with van der Waals surface area (Å²) in [5, 5.41) is 3.12. The molecule has 1 aromatic carbocycles. The van der Waals surface area contributed by atoms with Gasteiger partial charge in [0, 0.05) is 11.6 Å². The fourth-order valence-corrected chi connectivity index (χ4v) is 3.54. The van der Waals surface area contributed by atoms with Gasteiger partial charge in [0.2, 0.25) is 0 Å². The Morgan fingerprint density at radius 1 is 1.25 bits per heavy atom. The zero-order chi connectivity index (χ0) is 14.9. The molecule has 0 heterocycles. The Hall–Kier alpha value is -0.480. The van der Waals surface area contributed by atoms with E-state index in [4.69, 9.17) is 0 Å². The molecule has 1 atom stereocenters. The minimum Gasteiger partial charge on any atom is -0.313 e. The van der Waals surface area contributed by atoms with Crippen molar-refractivity contribution in [1.29, 1.82) is 0 Å². The summed E-state index contributed by atoms with van der Waals surface area (Å²) in [6.07, 6.45) is 4.22. The minimum atomic E-state index is -0.478. The molecule has 1 N–H and O–H groups in total. The molecule has 0 spiro atoms. The summed E-state index contributed by atoms with van der Waals surface area (Å²) >= 11 is 3.15. The predicted octanol–water partition coefficient (Wildman–Crippen LogP) is 5.20. The van der Waals surface area contributed by atoms with Crippen LogP contribution in [0.5, 0.6) is 0 Å².